The Labute approximate surface area is 179 Å². The summed E-state index contributed by atoms with van der Waals surface area (Å²) < 4.78 is 0. The molecule has 0 bridgehead atoms. The van der Waals surface area contributed by atoms with Crippen LogP contribution in [0, 0.1) is 5.41 Å². The summed E-state index contributed by atoms with van der Waals surface area (Å²) in [6, 6.07) is 0. The third-order valence-electron chi connectivity index (χ3n) is 5.48. The zero-order chi connectivity index (χ0) is 18.8. The third kappa shape index (κ3) is 7.56. The molecule has 1 saturated carbocycles. The van der Waals surface area contributed by atoms with Crippen molar-refractivity contribution in [2.45, 2.75) is 64.7 Å². The first-order valence-corrected chi connectivity index (χ1v) is 10.1. The number of carbonyl (C=O) groups excluding carboxylic acids is 2. The number of halogens is 1. The maximum absolute atomic E-state index is 11.9. The third-order valence-corrected chi connectivity index (χ3v) is 5.48. The van der Waals surface area contributed by atoms with Crippen LogP contribution in [0.2, 0.25) is 0 Å². The molecule has 0 spiro atoms. The zero-order valence-electron chi connectivity index (χ0n) is 16.5. The highest BCUT2D eigenvalue weighted by molar-refractivity contribution is 14.0. The van der Waals surface area contributed by atoms with Gasteiger partial charge in [0.05, 0.1) is 0 Å². The lowest BCUT2D eigenvalue weighted by Gasteiger charge is -2.35. The monoisotopic (exact) mass is 494 g/mol. The van der Waals surface area contributed by atoms with Gasteiger partial charge >= 0.3 is 0 Å². The van der Waals surface area contributed by atoms with E-state index >= 15 is 0 Å². The minimum absolute atomic E-state index is 0. The average molecular weight is 494 g/mol. The standard InChI is InChI=1S/C19H34N4O3.HI/c1-2-20-18(21-12-13-23-16(25)7-6-8-17(23)26)22-15-19(11-14-24)9-4-3-5-10-19;/h24H,2-15H2,1H3,(H2,20,21,22);1H. The Morgan fingerprint density at radius 2 is 1.78 bits per heavy atom. The van der Waals surface area contributed by atoms with E-state index in [1.165, 1.54) is 24.2 Å². The molecule has 1 saturated heterocycles. The molecule has 0 radical (unpaired) electrons. The quantitative estimate of drug-likeness (QED) is 0.208. The number of hydrogen-bond acceptors (Lipinski definition) is 4. The van der Waals surface area contributed by atoms with Crippen molar-refractivity contribution in [2.75, 3.05) is 32.8 Å². The predicted octanol–water partition coefficient (Wildman–Crippen LogP) is 2.03. The van der Waals surface area contributed by atoms with Crippen LogP contribution in [0.15, 0.2) is 4.99 Å². The summed E-state index contributed by atoms with van der Waals surface area (Å²) in [5.74, 6) is 0.565. The Bertz CT molecular complexity index is 486. The lowest BCUT2D eigenvalue weighted by molar-refractivity contribution is -0.147. The van der Waals surface area contributed by atoms with Gasteiger partial charge in [-0.15, -0.1) is 24.0 Å². The maximum Gasteiger partial charge on any atom is 0.229 e. The van der Waals surface area contributed by atoms with Gasteiger partial charge in [-0.25, -0.2) is 0 Å². The van der Waals surface area contributed by atoms with Gasteiger partial charge in [-0.3, -0.25) is 19.5 Å². The van der Waals surface area contributed by atoms with Crippen LogP contribution in [0.5, 0.6) is 0 Å². The first kappa shape index (κ1) is 24.1. The highest BCUT2D eigenvalue weighted by Gasteiger charge is 2.31. The van der Waals surface area contributed by atoms with Gasteiger partial charge in [0.1, 0.15) is 0 Å². The second-order valence-electron chi connectivity index (χ2n) is 7.45. The van der Waals surface area contributed by atoms with Crippen molar-refractivity contribution < 1.29 is 14.7 Å². The number of aliphatic imine (C=N–C) groups is 1. The van der Waals surface area contributed by atoms with Crippen LogP contribution in [0.3, 0.4) is 0 Å². The van der Waals surface area contributed by atoms with Crippen molar-refractivity contribution >= 4 is 41.8 Å². The van der Waals surface area contributed by atoms with E-state index in [1.807, 2.05) is 6.92 Å². The lowest BCUT2D eigenvalue weighted by atomic mass is 9.72. The zero-order valence-corrected chi connectivity index (χ0v) is 18.8. The summed E-state index contributed by atoms with van der Waals surface area (Å²) in [6.45, 7) is 4.54. The number of nitrogens with one attached hydrogen (secondary N) is 2. The van der Waals surface area contributed by atoms with Gasteiger partial charge in [-0.2, -0.15) is 0 Å². The van der Waals surface area contributed by atoms with E-state index in [4.69, 9.17) is 4.99 Å². The maximum atomic E-state index is 11.9. The lowest BCUT2D eigenvalue weighted by Crippen LogP contribution is -2.46. The van der Waals surface area contributed by atoms with Gasteiger partial charge in [0.15, 0.2) is 5.96 Å². The number of hydrogen-bond donors (Lipinski definition) is 3. The number of imide groups is 1. The van der Waals surface area contributed by atoms with E-state index in [2.05, 4.69) is 10.6 Å². The highest BCUT2D eigenvalue weighted by Crippen LogP contribution is 2.39. The van der Waals surface area contributed by atoms with E-state index in [0.717, 1.165) is 25.8 Å². The van der Waals surface area contributed by atoms with Gasteiger partial charge in [0.25, 0.3) is 0 Å². The molecule has 2 rings (SSSR count). The Morgan fingerprint density at radius 1 is 1.11 bits per heavy atom. The van der Waals surface area contributed by atoms with Gasteiger partial charge in [0.2, 0.25) is 11.8 Å². The number of guanidine groups is 1. The fourth-order valence-electron chi connectivity index (χ4n) is 3.95. The van der Waals surface area contributed by atoms with Crippen molar-refractivity contribution in [1.82, 2.24) is 15.5 Å². The fraction of sp³-hybridized carbons (Fsp3) is 0.842. The first-order chi connectivity index (χ1) is 12.6. The van der Waals surface area contributed by atoms with E-state index in [-0.39, 0.29) is 47.8 Å². The van der Waals surface area contributed by atoms with Crippen molar-refractivity contribution in [3.63, 3.8) is 0 Å². The second-order valence-corrected chi connectivity index (χ2v) is 7.45. The smallest absolute Gasteiger partial charge is 0.229 e. The van der Waals surface area contributed by atoms with Crippen molar-refractivity contribution in [3.8, 4) is 0 Å². The van der Waals surface area contributed by atoms with Crippen molar-refractivity contribution in [3.05, 3.63) is 0 Å². The summed E-state index contributed by atoms with van der Waals surface area (Å²) in [4.78, 5) is 29.8. The van der Waals surface area contributed by atoms with E-state index < -0.39 is 0 Å². The van der Waals surface area contributed by atoms with E-state index in [1.54, 1.807) is 0 Å². The molecule has 0 aromatic rings. The van der Waals surface area contributed by atoms with Crippen LogP contribution in [0.4, 0.5) is 0 Å². The Kier molecular flexibility index (Phi) is 11.2. The molecule has 0 atom stereocenters. The van der Waals surface area contributed by atoms with Gasteiger partial charge in [-0.1, -0.05) is 19.3 Å². The molecule has 2 fully saturated rings. The van der Waals surface area contributed by atoms with E-state index in [9.17, 15) is 14.7 Å². The van der Waals surface area contributed by atoms with Crippen molar-refractivity contribution in [2.24, 2.45) is 10.4 Å². The molecule has 1 aliphatic carbocycles. The molecule has 156 valence electrons. The molecular weight excluding hydrogens is 459 g/mol. The Hall–Kier alpha value is -0.900. The van der Waals surface area contributed by atoms with Crippen LogP contribution < -0.4 is 10.6 Å². The SMILES string of the molecule is CCNC(=NCC1(CCO)CCCCC1)NCCN1C(=O)CCCC1=O.I. The van der Waals surface area contributed by atoms with Crippen LogP contribution in [0.25, 0.3) is 0 Å². The molecule has 8 heteroatoms. The molecule has 0 unspecified atom stereocenters. The topological polar surface area (TPSA) is 94.0 Å². The van der Waals surface area contributed by atoms with Gasteiger partial charge in [0, 0.05) is 45.6 Å². The highest BCUT2D eigenvalue weighted by atomic mass is 127. The summed E-state index contributed by atoms with van der Waals surface area (Å²) in [5.41, 5.74) is 0.105. The normalized spacial score (nSPS) is 20.2. The minimum Gasteiger partial charge on any atom is -0.396 e. The molecule has 0 aromatic carbocycles. The number of piperidine rings is 1. The molecule has 0 aromatic heterocycles. The Morgan fingerprint density at radius 3 is 2.37 bits per heavy atom. The molecular formula is C19H35IN4O3. The minimum atomic E-state index is -0.0749. The van der Waals surface area contributed by atoms with Gasteiger partial charge in [-0.05, 0) is 38.0 Å². The average Bonchev–Trinajstić information content (AvgIpc) is 2.63. The molecule has 7 nitrogen and oxygen atoms in total. The van der Waals surface area contributed by atoms with E-state index in [0.29, 0.717) is 44.9 Å². The molecule has 1 heterocycles. The summed E-state index contributed by atoms with van der Waals surface area (Å²) >= 11 is 0. The summed E-state index contributed by atoms with van der Waals surface area (Å²) in [7, 11) is 0. The number of likely N-dealkylation sites (tertiary alicyclic amines) is 1. The van der Waals surface area contributed by atoms with Crippen LogP contribution in [-0.2, 0) is 9.59 Å². The van der Waals surface area contributed by atoms with Crippen LogP contribution >= 0.6 is 24.0 Å². The molecule has 2 amide bonds. The summed E-state index contributed by atoms with van der Waals surface area (Å²) in [5, 5.41) is 15.9. The number of aliphatic hydroxyl groups is 1. The number of rotatable bonds is 8. The fourth-order valence-corrected chi connectivity index (χ4v) is 3.95. The van der Waals surface area contributed by atoms with Crippen LogP contribution in [0.1, 0.15) is 64.7 Å². The number of carbonyl (C=O) groups is 2. The number of nitrogens with zero attached hydrogens (tertiary/aromatic N) is 2. The molecule has 2 aliphatic rings. The number of aliphatic hydroxyl groups excluding tert-OH is 1. The number of amides is 2. The van der Waals surface area contributed by atoms with Crippen molar-refractivity contribution in [1.29, 1.82) is 0 Å². The Balaban J connectivity index is 0.00000364. The molecule has 1 aliphatic heterocycles. The van der Waals surface area contributed by atoms with Gasteiger partial charge < -0.3 is 15.7 Å². The molecule has 27 heavy (non-hydrogen) atoms. The second kappa shape index (κ2) is 12.5. The molecule has 3 N–H and O–H groups in total. The predicted molar refractivity (Wildman–Crippen MR) is 117 cm³/mol. The largest absolute Gasteiger partial charge is 0.396 e. The van der Waals surface area contributed by atoms with Crippen LogP contribution in [-0.4, -0.2) is 60.6 Å². The summed E-state index contributed by atoms with van der Waals surface area (Å²) in [6.07, 6.45) is 8.31. The first-order valence-electron chi connectivity index (χ1n) is 10.1.